The Morgan fingerprint density at radius 1 is 0.960 bits per heavy atom. The summed E-state index contributed by atoms with van der Waals surface area (Å²) in [6, 6.07) is 8.01. The maximum atomic E-state index is 5.66. The van der Waals surface area contributed by atoms with Gasteiger partial charge in [-0.15, -0.1) is 20.4 Å². The molecule has 3 rings (SSSR count). The van der Waals surface area contributed by atoms with Gasteiger partial charge in [-0.1, -0.05) is 45.0 Å². The highest BCUT2D eigenvalue weighted by molar-refractivity contribution is 5.98. The number of anilines is 1. The number of aryl methyl sites for hydroxylation is 1. The number of aromatic nitrogens is 4. The van der Waals surface area contributed by atoms with Crippen molar-refractivity contribution < 1.29 is 4.42 Å². The zero-order valence-corrected chi connectivity index (χ0v) is 15.0. The fraction of sp³-hybridized carbons (Fsp3) is 0.444. The Labute approximate surface area is 147 Å². The van der Waals surface area contributed by atoms with Gasteiger partial charge in [0.25, 0.3) is 5.89 Å². The van der Waals surface area contributed by atoms with E-state index in [-0.39, 0.29) is 0 Å². The summed E-state index contributed by atoms with van der Waals surface area (Å²) in [7, 11) is 0. The highest BCUT2D eigenvalue weighted by Gasteiger charge is 2.15. The second-order valence-corrected chi connectivity index (χ2v) is 5.75. The quantitative estimate of drug-likeness (QED) is 0.675. The number of nitrogens with zero attached hydrogens (tertiary/aromatic N) is 5. The lowest BCUT2D eigenvalue weighted by molar-refractivity contribution is 0.316. The van der Waals surface area contributed by atoms with E-state index in [4.69, 9.17) is 4.42 Å². The number of nitrogens with one attached hydrogen (secondary N) is 1. The lowest BCUT2D eigenvalue weighted by Gasteiger charge is -2.18. The van der Waals surface area contributed by atoms with Crippen LogP contribution in [-0.2, 0) is 6.42 Å². The third kappa shape index (κ3) is 3.76. The lowest BCUT2D eigenvalue weighted by Crippen LogP contribution is -2.28. The molecule has 2 aromatic heterocycles. The number of hydrogen-bond donors (Lipinski definition) is 1. The molecule has 0 radical (unpaired) electrons. The van der Waals surface area contributed by atoms with Crippen LogP contribution in [0.5, 0.6) is 0 Å². The smallest absolute Gasteiger partial charge is 0.268 e. The molecule has 25 heavy (non-hydrogen) atoms. The second-order valence-electron chi connectivity index (χ2n) is 5.75. The van der Waals surface area contributed by atoms with Crippen molar-refractivity contribution in [3.8, 4) is 11.6 Å². The molecule has 0 aliphatic heterocycles. The van der Waals surface area contributed by atoms with E-state index in [9.17, 15) is 0 Å². The summed E-state index contributed by atoms with van der Waals surface area (Å²) in [4.78, 5) is 2.36. The Hall–Kier alpha value is -2.54. The monoisotopic (exact) mass is 340 g/mol. The summed E-state index contributed by atoms with van der Waals surface area (Å²) in [5, 5.41) is 22.2. The molecule has 0 saturated carbocycles. The second kappa shape index (κ2) is 8.02. The normalized spacial score (nSPS) is 11.4. The third-order valence-electron chi connectivity index (χ3n) is 4.27. The van der Waals surface area contributed by atoms with E-state index in [0.29, 0.717) is 23.9 Å². The predicted octanol–water partition coefficient (Wildman–Crippen LogP) is 3.00. The molecule has 132 valence electrons. The molecule has 0 atom stereocenters. The van der Waals surface area contributed by atoms with Gasteiger partial charge in [-0.05, 0) is 13.1 Å². The minimum absolute atomic E-state index is 0.412. The summed E-state index contributed by atoms with van der Waals surface area (Å²) in [5.41, 5.74) is 0.622. The van der Waals surface area contributed by atoms with Crippen molar-refractivity contribution in [1.82, 2.24) is 25.3 Å². The first-order valence-corrected chi connectivity index (χ1v) is 8.81. The molecule has 1 aromatic carbocycles. The largest absolute Gasteiger partial charge is 0.419 e. The van der Waals surface area contributed by atoms with Gasteiger partial charge in [0.15, 0.2) is 11.5 Å². The average molecular weight is 340 g/mol. The van der Waals surface area contributed by atoms with Crippen LogP contribution in [-0.4, -0.2) is 51.5 Å². The van der Waals surface area contributed by atoms with Crippen molar-refractivity contribution in [2.24, 2.45) is 0 Å². The van der Waals surface area contributed by atoms with Gasteiger partial charge in [0, 0.05) is 30.3 Å². The van der Waals surface area contributed by atoms with Crippen LogP contribution in [0.3, 0.4) is 0 Å². The fourth-order valence-electron chi connectivity index (χ4n) is 2.76. The van der Waals surface area contributed by atoms with Crippen molar-refractivity contribution in [2.75, 3.05) is 31.5 Å². The van der Waals surface area contributed by atoms with E-state index in [2.05, 4.69) is 44.5 Å². The summed E-state index contributed by atoms with van der Waals surface area (Å²) in [6.45, 7) is 10.2. The van der Waals surface area contributed by atoms with E-state index in [0.717, 1.165) is 42.8 Å². The van der Waals surface area contributed by atoms with Crippen LogP contribution in [0.15, 0.2) is 28.7 Å². The van der Waals surface area contributed by atoms with Gasteiger partial charge < -0.3 is 14.6 Å². The molecule has 0 unspecified atom stereocenters. The van der Waals surface area contributed by atoms with Crippen molar-refractivity contribution in [2.45, 2.75) is 27.2 Å². The minimum atomic E-state index is 0.412. The Kier molecular flexibility index (Phi) is 5.55. The highest BCUT2D eigenvalue weighted by Crippen LogP contribution is 2.28. The zero-order chi connectivity index (χ0) is 17.6. The molecule has 0 fully saturated rings. The lowest BCUT2D eigenvalue weighted by atomic mass is 10.1. The summed E-state index contributed by atoms with van der Waals surface area (Å²) in [6.07, 6.45) is 0.698. The van der Waals surface area contributed by atoms with Crippen molar-refractivity contribution >= 4 is 16.6 Å². The molecule has 0 saturated heterocycles. The Bertz CT molecular complexity index is 827. The predicted molar refractivity (Wildman–Crippen MR) is 98.5 cm³/mol. The third-order valence-corrected chi connectivity index (χ3v) is 4.27. The maximum Gasteiger partial charge on any atom is 0.268 e. The SMILES string of the molecule is CCc1nnc(-c2nnc(NCCN(CC)CC)c3ccccc23)o1. The molecule has 1 N–H and O–H groups in total. The first-order valence-electron chi connectivity index (χ1n) is 8.81. The number of fused-ring (bicyclic) bond motifs is 1. The summed E-state index contributed by atoms with van der Waals surface area (Å²) in [5.74, 6) is 1.79. The average Bonchev–Trinajstić information content (AvgIpc) is 3.14. The van der Waals surface area contributed by atoms with Crippen LogP contribution in [0.2, 0.25) is 0 Å². The Balaban J connectivity index is 1.88. The van der Waals surface area contributed by atoms with Crippen LogP contribution in [0.1, 0.15) is 26.7 Å². The molecule has 0 spiro atoms. The van der Waals surface area contributed by atoms with E-state index in [1.54, 1.807) is 0 Å². The fourth-order valence-corrected chi connectivity index (χ4v) is 2.76. The molecule has 0 bridgehead atoms. The molecule has 0 aliphatic rings. The highest BCUT2D eigenvalue weighted by atomic mass is 16.4. The van der Waals surface area contributed by atoms with Gasteiger partial charge in [0.2, 0.25) is 5.89 Å². The van der Waals surface area contributed by atoms with E-state index >= 15 is 0 Å². The molecule has 7 nitrogen and oxygen atoms in total. The zero-order valence-electron chi connectivity index (χ0n) is 15.0. The minimum Gasteiger partial charge on any atom is -0.419 e. The number of hydrogen-bond acceptors (Lipinski definition) is 7. The first kappa shape index (κ1) is 17.3. The van der Waals surface area contributed by atoms with Gasteiger partial charge in [-0.2, -0.15) is 0 Å². The Morgan fingerprint density at radius 3 is 2.40 bits per heavy atom. The van der Waals surface area contributed by atoms with Gasteiger partial charge in [-0.25, -0.2) is 0 Å². The van der Waals surface area contributed by atoms with Crippen LogP contribution in [0, 0.1) is 0 Å². The molecular weight excluding hydrogens is 316 g/mol. The number of benzene rings is 1. The topological polar surface area (TPSA) is 80.0 Å². The maximum absolute atomic E-state index is 5.66. The van der Waals surface area contributed by atoms with Gasteiger partial charge >= 0.3 is 0 Å². The van der Waals surface area contributed by atoms with Gasteiger partial charge in [0.05, 0.1) is 0 Å². The summed E-state index contributed by atoms with van der Waals surface area (Å²) >= 11 is 0. The van der Waals surface area contributed by atoms with Crippen LogP contribution in [0.4, 0.5) is 5.82 Å². The number of rotatable bonds is 8. The molecule has 3 aromatic rings. The van der Waals surface area contributed by atoms with Crippen molar-refractivity contribution in [3.63, 3.8) is 0 Å². The molecule has 2 heterocycles. The Morgan fingerprint density at radius 2 is 1.72 bits per heavy atom. The standard InChI is InChI=1S/C18H24N6O/c1-4-15-20-23-18(25-15)16-13-9-7-8-10-14(13)17(22-21-16)19-11-12-24(5-2)6-3/h7-10H,4-6,11-12H2,1-3H3,(H,19,22). The first-order chi connectivity index (χ1) is 12.3. The van der Waals surface area contributed by atoms with Crippen molar-refractivity contribution in [3.05, 3.63) is 30.2 Å². The van der Waals surface area contributed by atoms with Crippen molar-refractivity contribution in [1.29, 1.82) is 0 Å². The van der Waals surface area contributed by atoms with E-state index < -0.39 is 0 Å². The molecular formula is C18H24N6O. The van der Waals surface area contributed by atoms with Gasteiger partial charge in [-0.3, -0.25) is 0 Å². The van der Waals surface area contributed by atoms with Gasteiger partial charge in [0.1, 0.15) is 0 Å². The number of likely N-dealkylation sites (N-methyl/N-ethyl adjacent to an activating group) is 1. The summed E-state index contributed by atoms with van der Waals surface area (Å²) < 4.78 is 5.66. The van der Waals surface area contributed by atoms with Crippen LogP contribution < -0.4 is 5.32 Å². The van der Waals surface area contributed by atoms with Crippen LogP contribution in [0.25, 0.3) is 22.4 Å². The van der Waals surface area contributed by atoms with E-state index in [1.807, 2.05) is 31.2 Å². The van der Waals surface area contributed by atoms with Crippen LogP contribution >= 0.6 is 0 Å². The van der Waals surface area contributed by atoms with E-state index in [1.165, 1.54) is 0 Å². The molecule has 7 heteroatoms. The molecule has 0 aliphatic carbocycles. The molecule has 0 amide bonds.